The van der Waals surface area contributed by atoms with E-state index in [1.54, 1.807) is 24.3 Å². The SMILES string of the molecule is COc1cccc(NC(=O)N[C@H](CC(N)=O)C(=O)O)c1. The van der Waals surface area contributed by atoms with E-state index in [2.05, 4.69) is 10.6 Å². The molecule has 1 rings (SSSR count). The van der Waals surface area contributed by atoms with Gasteiger partial charge in [-0.15, -0.1) is 0 Å². The Morgan fingerprint density at radius 3 is 2.65 bits per heavy atom. The van der Waals surface area contributed by atoms with E-state index in [9.17, 15) is 14.4 Å². The predicted molar refractivity (Wildman–Crippen MR) is 70.4 cm³/mol. The molecular formula is C12H15N3O5. The number of carbonyl (C=O) groups is 3. The summed E-state index contributed by atoms with van der Waals surface area (Å²) in [6.07, 6.45) is -0.485. The molecule has 1 aromatic carbocycles. The van der Waals surface area contributed by atoms with Crippen molar-refractivity contribution in [3.8, 4) is 5.75 Å². The fraction of sp³-hybridized carbons (Fsp3) is 0.250. The summed E-state index contributed by atoms with van der Waals surface area (Å²) in [7, 11) is 1.48. The number of urea groups is 1. The summed E-state index contributed by atoms with van der Waals surface area (Å²) in [5.74, 6) is -1.63. The molecule has 0 bridgehead atoms. The number of nitrogens with two attached hydrogens (primary N) is 1. The van der Waals surface area contributed by atoms with Crippen LogP contribution in [0.1, 0.15) is 6.42 Å². The summed E-state index contributed by atoms with van der Waals surface area (Å²) in [5, 5.41) is 13.4. The second-order valence-electron chi connectivity index (χ2n) is 3.89. The molecule has 0 aliphatic carbocycles. The normalized spacial score (nSPS) is 11.2. The molecule has 0 aromatic heterocycles. The van der Waals surface area contributed by atoms with Crippen molar-refractivity contribution in [2.45, 2.75) is 12.5 Å². The largest absolute Gasteiger partial charge is 0.497 e. The highest BCUT2D eigenvalue weighted by atomic mass is 16.5. The highest BCUT2D eigenvalue weighted by Crippen LogP contribution is 2.16. The van der Waals surface area contributed by atoms with E-state index in [-0.39, 0.29) is 0 Å². The molecule has 0 fully saturated rings. The molecule has 0 saturated heterocycles. The molecule has 0 aliphatic heterocycles. The summed E-state index contributed by atoms with van der Waals surface area (Å²) in [6, 6.07) is 4.38. The van der Waals surface area contributed by atoms with Crippen molar-refractivity contribution >= 4 is 23.6 Å². The lowest BCUT2D eigenvalue weighted by Crippen LogP contribution is -2.45. The molecule has 20 heavy (non-hydrogen) atoms. The fourth-order valence-electron chi connectivity index (χ4n) is 1.43. The van der Waals surface area contributed by atoms with E-state index in [4.69, 9.17) is 15.6 Å². The monoisotopic (exact) mass is 281 g/mol. The quantitative estimate of drug-likeness (QED) is 0.589. The van der Waals surface area contributed by atoms with Gasteiger partial charge < -0.3 is 26.2 Å². The van der Waals surface area contributed by atoms with Gasteiger partial charge in [-0.25, -0.2) is 9.59 Å². The van der Waals surface area contributed by atoms with Crippen molar-refractivity contribution in [2.24, 2.45) is 5.73 Å². The Morgan fingerprint density at radius 2 is 2.10 bits per heavy atom. The highest BCUT2D eigenvalue weighted by molar-refractivity contribution is 5.93. The van der Waals surface area contributed by atoms with Crippen LogP contribution < -0.4 is 21.1 Å². The van der Waals surface area contributed by atoms with Crippen LogP contribution in [0.3, 0.4) is 0 Å². The van der Waals surface area contributed by atoms with Crippen LogP contribution in [-0.2, 0) is 9.59 Å². The van der Waals surface area contributed by atoms with E-state index in [0.29, 0.717) is 11.4 Å². The third-order valence-electron chi connectivity index (χ3n) is 2.34. The Morgan fingerprint density at radius 1 is 1.40 bits per heavy atom. The Labute approximate surface area is 114 Å². The molecule has 0 aliphatic rings. The van der Waals surface area contributed by atoms with Crippen LogP contribution in [0.4, 0.5) is 10.5 Å². The number of hydrogen-bond acceptors (Lipinski definition) is 4. The molecule has 8 heteroatoms. The molecule has 0 radical (unpaired) electrons. The minimum absolute atomic E-state index is 0.421. The van der Waals surface area contributed by atoms with Crippen molar-refractivity contribution in [1.29, 1.82) is 0 Å². The van der Waals surface area contributed by atoms with Crippen molar-refractivity contribution < 1.29 is 24.2 Å². The van der Waals surface area contributed by atoms with E-state index >= 15 is 0 Å². The van der Waals surface area contributed by atoms with E-state index in [1.807, 2.05) is 0 Å². The average Bonchev–Trinajstić information content (AvgIpc) is 2.37. The first kappa shape index (κ1) is 15.3. The van der Waals surface area contributed by atoms with Crippen LogP contribution in [0.5, 0.6) is 5.75 Å². The summed E-state index contributed by atoms with van der Waals surface area (Å²) >= 11 is 0. The van der Waals surface area contributed by atoms with E-state index < -0.39 is 30.4 Å². The molecule has 0 heterocycles. The van der Waals surface area contributed by atoms with Gasteiger partial charge in [0, 0.05) is 11.8 Å². The predicted octanol–water partition coefficient (Wildman–Crippen LogP) is 0.145. The van der Waals surface area contributed by atoms with Gasteiger partial charge in [0.05, 0.1) is 13.5 Å². The minimum Gasteiger partial charge on any atom is -0.497 e. The van der Waals surface area contributed by atoms with Crippen LogP contribution in [-0.4, -0.2) is 36.2 Å². The van der Waals surface area contributed by atoms with Gasteiger partial charge in [-0.3, -0.25) is 4.79 Å². The van der Waals surface area contributed by atoms with Crippen LogP contribution >= 0.6 is 0 Å². The lowest BCUT2D eigenvalue weighted by Gasteiger charge is -2.14. The topological polar surface area (TPSA) is 131 Å². The molecule has 1 aromatic rings. The number of amides is 3. The summed E-state index contributed by atoms with van der Waals surface area (Å²) in [4.78, 5) is 33.2. The second-order valence-corrected chi connectivity index (χ2v) is 3.89. The maximum Gasteiger partial charge on any atom is 0.326 e. The van der Waals surface area contributed by atoms with Crippen LogP contribution in [0.2, 0.25) is 0 Å². The van der Waals surface area contributed by atoms with Gasteiger partial charge in [-0.1, -0.05) is 6.07 Å². The van der Waals surface area contributed by atoms with Gasteiger partial charge in [-0.2, -0.15) is 0 Å². The van der Waals surface area contributed by atoms with Crippen LogP contribution in [0.15, 0.2) is 24.3 Å². The van der Waals surface area contributed by atoms with Crippen molar-refractivity contribution in [2.75, 3.05) is 12.4 Å². The standard InChI is InChI=1S/C12H15N3O5/c1-20-8-4-2-3-7(5-8)14-12(19)15-9(11(17)18)6-10(13)16/h2-5,9H,6H2,1H3,(H2,13,16)(H,17,18)(H2,14,15,19)/t9-/m1/s1. The van der Waals surface area contributed by atoms with Gasteiger partial charge in [0.25, 0.3) is 0 Å². The molecule has 0 spiro atoms. The number of carboxylic acids is 1. The van der Waals surface area contributed by atoms with Gasteiger partial charge >= 0.3 is 12.0 Å². The molecule has 0 unspecified atom stereocenters. The Bertz CT molecular complexity index is 518. The number of aliphatic carboxylic acids is 1. The van der Waals surface area contributed by atoms with Crippen LogP contribution in [0, 0.1) is 0 Å². The molecule has 0 saturated carbocycles. The maximum atomic E-state index is 11.6. The number of hydrogen-bond donors (Lipinski definition) is 4. The summed E-state index contributed by atoms with van der Waals surface area (Å²) < 4.78 is 4.98. The first-order chi connectivity index (χ1) is 9.42. The zero-order valence-corrected chi connectivity index (χ0v) is 10.8. The smallest absolute Gasteiger partial charge is 0.326 e. The lowest BCUT2D eigenvalue weighted by molar-refractivity contribution is -0.140. The summed E-state index contributed by atoms with van der Waals surface area (Å²) in [6.45, 7) is 0. The minimum atomic E-state index is -1.38. The maximum absolute atomic E-state index is 11.6. The number of nitrogens with one attached hydrogen (secondary N) is 2. The Kier molecular flexibility index (Phi) is 5.33. The second kappa shape index (κ2) is 6.98. The fourth-order valence-corrected chi connectivity index (χ4v) is 1.43. The first-order valence-corrected chi connectivity index (χ1v) is 5.65. The first-order valence-electron chi connectivity index (χ1n) is 5.65. The number of carbonyl (C=O) groups excluding carboxylic acids is 2. The number of primary amides is 1. The molecule has 108 valence electrons. The van der Waals surface area contributed by atoms with E-state index in [0.717, 1.165) is 0 Å². The van der Waals surface area contributed by atoms with Crippen molar-refractivity contribution in [1.82, 2.24) is 5.32 Å². The number of benzene rings is 1. The lowest BCUT2D eigenvalue weighted by atomic mass is 10.2. The number of anilines is 1. The molecule has 3 amide bonds. The molecule has 5 N–H and O–H groups in total. The van der Waals surface area contributed by atoms with Crippen LogP contribution in [0.25, 0.3) is 0 Å². The van der Waals surface area contributed by atoms with Gasteiger partial charge in [0.2, 0.25) is 5.91 Å². The van der Waals surface area contributed by atoms with Crippen molar-refractivity contribution in [3.05, 3.63) is 24.3 Å². The van der Waals surface area contributed by atoms with Gasteiger partial charge in [0.1, 0.15) is 11.8 Å². The Balaban J connectivity index is 2.65. The molecule has 8 nitrogen and oxygen atoms in total. The number of methoxy groups -OCH3 is 1. The number of rotatable bonds is 6. The molecular weight excluding hydrogens is 266 g/mol. The highest BCUT2D eigenvalue weighted by Gasteiger charge is 2.22. The van der Waals surface area contributed by atoms with E-state index in [1.165, 1.54) is 7.11 Å². The van der Waals surface area contributed by atoms with Gasteiger partial charge in [0.15, 0.2) is 0 Å². The Hall–Kier alpha value is -2.77. The van der Waals surface area contributed by atoms with Gasteiger partial charge in [-0.05, 0) is 12.1 Å². The summed E-state index contributed by atoms with van der Waals surface area (Å²) in [5.41, 5.74) is 5.33. The third-order valence-corrected chi connectivity index (χ3v) is 2.34. The zero-order valence-electron chi connectivity index (χ0n) is 10.8. The number of ether oxygens (including phenoxy) is 1. The third kappa shape index (κ3) is 4.84. The molecule has 1 atom stereocenters. The number of carboxylic acid groups (broad SMARTS) is 1. The zero-order chi connectivity index (χ0) is 15.1. The average molecular weight is 281 g/mol. The van der Waals surface area contributed by atoms with Crippen molar-refractivity contribution in [3.63, 3.8) is 0 Å².